The number of anilines is 2. The molecule has 2 rings (SSSR count). The van der Waals surface area contributed by atoms with Crippen LogP contribution in [-0.4, -0.2) is 20.3 Å². The van der Waals surface area contributed by atoms with Gasteiger partial charge in [-0.1, -0.05) is 0 Å². The average molecular weight is 210 g/mol. The summed E-state index contributed by atoms with van der Waals surface area (Å²) in [5, 5.41) is 0. The second-order valence-corrected chi connectivity index (χ2v) is 3.32. The highest BCUT2D eigenvalue weighted by Crippen LogP contribution is 2.22. The van der Waals surface area contributed by atoms with E-state index in [-0.39, 0.29) is 0 Å². The lowest BCUT2D eigenvalue weighted by Gasteiger charge is -2.03. The number of rotatable bonds is 1. The van der Waals surface area contributed by atoms with Crippen LogP contribution in [0.15, 0.2) is 18.2 Å². The van der Waals surface area contributed by atoms with Gasteiger partial charge in [-0.3, -0.25) is 0 Å². The lowest BCUT2D eigenvalue weighted by molar-refractivity contribution is 0.198. The number of hydrogen-bond acceptors (Lipinski definition) is 4. The second kappa shape index (κ2) is 6.14. The van der Waals surface area contributed by atoms with E-state index in [2.05, 4.69) is 0 Å². The summed E-state index contributed by atoms with van der Waals surface area (Å²) in [6, 6.07) is 5.15. The van der Waals surface area contributed by atoms with Gasteiger partial charge in [-0.2, -0.15) is 0 Å². The fourth-order valence-corrected chi connectivity index (χ4v) is 1.26. The van der Waals surface area contributed by atoms with Gasteiger partial charge in [-0.25, -0.2) is 0 Å². The fraction of sp³-hybridized carbons (Fsp3) is 0.455. The first-order valence-corrected chi connectivity index (χ1v) is 5.01. The zero-order valence-corrected chi connectivity index (χ0v) is 9.03. The molecule has 0 bridgehead atoms. The molecule has 4 heteroatoms. The van der Waals surface area contributed by atoms with E-state index >= 15 is 0 Å². The van der Waals surface area contributed by atoms with E-state index < -0.39 is 0 Å². The Hall–Kier alpha value is -1.42. The zero-order chi connectivity index (χ0) is 11.1. The van der Waals surface area contributed by atoms with Gasteiger partial charge in [0.2, 0.25) is 0 Å². The van der Waals surface area contributed by atoms with Gasteiger partial charge in [-0.05, 0) is 31.0 Å². The molecule has 1 heterocycles. The van der Waals surface area contributed by atoms with E-state index in [0.717, 1.165) is 13.2 Å². The molecular weight excluding hydrogens is 192 g/mol. The van der Waals surface area contributed by atoms with Crippen molar-refractivity contribution in [1.82, 2.24) is 0 Å². The maximum Gasteiger partial charge on any atom is 0.141 e. The van der Waals surface area contributed by atoms with Crippen LogP contribution in [0.2, 0.25) is 0 Å². The molecule has 0 spiro atoms. The highest BCUT2D eigenvalue weighted by Gasteiger charge is 1.96. The van der Waals surface area contributed by atoms with Crippen LogP contribution in [0, 0.1) is 0 Å². The number of benzene rings is 1. The van der Waals surface area contributed by atoms with Crippen molar-refractivity contribution in [3.8, 4) is 5.75 Å². The SMILES string of the molecule is C1CCOC1.COc1ccc(N)cc1N. The predicted octanol–water partition coefficient (Wildman–Crippen LogP) is 1.66. The molecule has 1 aromatic carbocycles. The molecule has 0 radical (unpaired) electrons. The van der Waals surface area contributed by atoms with Crippen LogP contribution in [0.4, 0.5) is 11.4 Å². The number of nitrogen functional groups attached to an aromatic ring is 2. The minimum atomic E-state index is 0.572. The van der Waals surface area contributed by atoms with Crippen molar-refractivity contribution >= 4 is 11.4 Å². The maximum atomic E-state index is 5.53. The number of methoxy groups -OCH3 is 1. The van der Waals surface area contributed by atoms with Crippen LogP contribution in [0.5, 0.6) is 5.75 Å². The largest absolute Gasteiger partial charge is 0.495 e. The first kappa shape index (κ1) is 11.7. The molecule has 4 N–H and O–H groups in total. The van der Waals surface area contributed by atoms with Crippen LogP contribution in [0.1, 0.15) is 12.8 Å². The van der Waals surface area contributed by atoms with Crippen molar-refractivity contribution in [2.24, 2.45) is 0 Å². The summed E-state index contributed by atoms with van der Waals surface area (Å²) in [6.07, 6.45) is 2.56. The molecule has 0 atom stereocenters. The second-order valence-electron chi connectivity index (χ2n) is 3.32. The molecule has 1 aromatic rings. The summed E-state index contributed by atoms with van der Waals surface area (Å²) < 4.78 is 9.86. The van der Waals surface area contributed by atoms with E-state index in [0.29, 0.717) is 17.1 Å². The van der Waals surface area contributed by atoms with Gasteiger partial charge in [0.25, 0.3) is 0 Å². The molecule has 84 valence electrons. The minimum absolute atomic E-state index is 0.572. The Morgan fingerprint density at radius 2 is 1.87 bits per heavy atom. The Labute approximate surface area is 90.2 Å². The van der Waals surface area contributed by atoms with E-state index in [1.807, 2.05) is 0 Å². The molecule has 1 aliphatic rings. The van der Waals surface area contributed by atoms with Gasteiger partial charge < -0.3 is 20.9 Å². The van der Waals surface area contributed by atoms with Gasteiger partial charge in [0.1, 0.15) is 5.75 Å². The summed E-state index contributed by atoms with van der Waals surface area (Å²) in [4.78, 5) is 0. The Bertz CT molecular complexity index is 291. The van der Waals surface area contributed by atoms with Crippen molar-refractivity contribution in [3.05, 3.63) is 18.2 Å². The number of hydrogen-bond donors (Lipinski definition) is 2. The lowest BCUT2D eigenvalue weighted by atomic mass is 10.2. The molecule has 0 amide bonds. The van der Waals surface area contributed by atoms with Gasteiger partial charge in [0, 0.05) is 18.9 Å². The van der Waals surface area contributed by atoms with Crippen molar-refractivity contribution < 1.29 is 9.47 Å². The molecule has 1 fully saturated rings. The Morgan fingerprint density at radius 1 is 1.20 bits per heavy atom. The standard InChI is InChI=1S/C7H10N2O.C4H8O/c1-10-7-3-2-5(8)4-6(7)9;1-2-4-5-3-1/h2-4H,8-9H2,1H3;1-4H2. The lowest BCUT2D eigenvalue weighted by Crippen LogP contribution is -1.93. The topological polar surface area (TPSA) is 70.5 Å². The molecule has 1 aliphatic heterocycles. The van der Waals surface area contributed by atoms with Crippen LogP contribution < -0.4 is 16.2 Å². The van der Waals surface area contributed by atoms with E-state index in [1.165, 1.54) is 12.8 Å². The van der Waals surface area contributed by atoms with Crippen molar-refractivity contribution in [1.29, 1.82) is 0 Å². The van der Waals surface area contributed by atoms with Crippen LogP contribution in [0.3, 0.4) is 0 Å². The summed E-state index contributed by atoms with van der Waals surface area (Å²) in [5.74, 6) is 0.661. The van der Waals surface area contributed by atoms with Gasteiger partial charge >= 0.3 is 0 Å². The normalized spacial score (nSPS) is 14.2. The third-order valence-corrected chi connectivity index (χ3v) is 2.08. The first-order valence-electron chi connectivity index (χ1n) is 5.01. The van der Waals surface area contributed by atoms with Gasteiger partial charge in [0.15, 0.2) is 0 Å². The molecule has 0 aliphatic carbocycles. The van der Waals surface area contributed by atoms with Crippen molar-refractivity contribution in [3.63, 3.8) is 0 Å². The summed E-state index contributed by atoms with van der Waals surface area (Å²) in [6.45, 7) is 2.00. The third-order valence-electron chi connectivity index (χ3n) is 2.08. The third kappa shape index (κ3) is 4.08. The zero-order valence-electron chi connectivity index (χ0n) is 9.03. The Kier molecular flexibility index (Phi) is 4.77. The molecule has 0 saturated carbocycles. The smallest absolute Gasteiger partial charge is 0.141 e. The molecular formula is C11H18N2O2. The molecule has 0 unspecified atom stereocenters. The van der Waals surface area contributed by atoms with Crippen LogP contribution >= 0.6 is 0 Å². The molecule has 0 aromatic heterocycles. The van der Waals surface area contributed by atoms with Crippen LogP contribution in [-0.2, 0) is 4.74 Å². The summed E-state index contributed by atoms with van der Waals surface area (Å²) in [7, 11) is 1.57. The van der Waals surface area contributed by atoms with Crippen LogP contribution in [0.25, 0.3) is 0 Å². The molecule has 4 nitrogen and oxygen atoms in total. The van der Waals surface area contributed by atoms with E-state index in [1.54, 1.807) is 25.3 Å². The fourth-order valence-electron chi connectivity index (χ4n) is 1.26. The van der Waals surface area contributed by atoms with Crippen molar-refractivity contribution in [2.45, 2.75) is 12.8 Å². The highest BCUT2D eigenvalue weighted by atomic mass is 16.5. The molecule has 1 saturated heterocycles. The number of ether oxygens (including phenoxy) is 2. The summed E-state index contributed by atoms with van der Waals surface area (Å²) in [5.41, 5.74) is 12.2. The monoisotopic (exact) mass is 210 g/mol. The van der Waals surface area contributed by atoms with Crippen molar-refractivity contribution in [2.75, 3.05) is 31.8 Å². The first-order chi connectivity index (χ1) is 7.24. The quantitative estimate of drug-likeness (QED) is 0.691. The molecule has 15 heavy (non-hydrogen) atoms. The van der Waals surface area contributed by atoms with E-state index in [4.69, 9.17) is 20.9 Å². The Morgan fingerprint density at radius 3 is 2.27 bits per heavy atom. The Balaban J connectivity index is 0.000000187. The summed E-state index contributed by atoms with van der Waals surface area (Å²) >= 11 is 0. The average Bonchev–Trinajstić information content (AvgIpc) is 2.75. The number of nitrogens with two attached hydrogens (primary N) is 2. The predicted molar refractivity (Wildman–Crippen MR) is 61.9 cm³/mol. The van der Waals surface area contributed by atoms with Gasteiger partial charge in [0.05, 0.1) is 12.8 Å². The highest BCUT2D eigenvalue weighted by molar-refractivity contribution is 5.60. The van der Waals surface area contributed by atoms with E-state index in [9.17, 15) is 0 Å². The van der Waals surface area contributed by atoms with Gasteiger partial charge in [-0.15, -0.1) is 0 Å². The minimum Gasteiger partial charge on any atom is -0.495 e. The maximum absolute atomic E-state index is 5.53.